The predicted molar refractivity (Wildman–Crippen MR) is 70.4 cm³/mol. The lowest BCUT2D eigenvalue weighted by Crippen LogP contribution is -2.14. The lowest BCUT2D eigenvalue weighted by molar-refractivity contribution is 0.318. The molecule has 0 saturated heterocycles. The second-order valence-corrected chi connectivity index (χ2v) is 4.21. The minimum atomic E-state index is -0.785. The van der Waals surface area contributed by atoms with Crippen LogP contribution in [0.2, 0.25) is 5.02 Å². The number of ether oxygens (including phenoxy) is 1. The van der Waals surface area contributed by atoms with Crippen molar-refractivity contribution in [3.8, 4) is 11.5 Å². The number of rotatable bonds is 3. The van der Waals surface area contributed by atoms with Gasteiger partial charge in [-0.15, -0.1) is 0 Å². The highest BCUT2D eigenvalue weighted by Crippen LogP contribution is 2.30. The molecule has 0 aliphatic rings. The summed E-state index contributed by atoms with van der Waals surface area (Å²) in [5.41, 5.74) is 5.62. The standard InChI is InChI=1S/C13H9ClF2N2O2/c14-10-2-1-3-11(12(10)13(17)18-19)20-9-5-7(15)4-8(16)6-9/h1-6,19H,(H2,17,18). The molecule has 2 aromatic rings. The minimum Gasteiger partial charge on any atom is -0.456 e. The quantitative estimate of drug-likeness (QED) is 0.394. The second kappa shape index (κ2) is 5.75. The van der Waals surface area contributed by atoms with Crippen molar-refractivity contribution < 1.29 is 18.7 Å². The zero-order valence-electron chi connectivity index (χ0n) is 9.98. The Kier molecular flexibility index (Phi) is 4.05. The van der Waals surface area contributed by atoms with Gasteiger partial charge in [0.1, 0.15) is 23.1 Å². The van der Waals surface area contributed by atoms with Gasteiger partial charge in [-0.3, -0.25) is 0 Å². The normalized spacial score (nSPS) is 11.4. The largest absolute Gasteiger partial charge is 0.456 e. The Balaban J connectivity index is 2.46. The molecule has 20 heavy (non-hydrogen) atoms. The first-order chi connectivity index (χ1) is 9.51. The molecule has 0 atom stereocenters. The first-order valence-corrected chi connectivity index (χ1v) is 5.79. The van der Waals surface area contributed by atoms with Crippen molar-refractivity contribution in [1.29, 1.82) is 0 Å². The molecule has 104 valence electrons. The maximum Gasteiger partial charge on any atom is 0.175 e. The molecule has 0 aliphatic heterocycles. The van der Waals surface area contributed by atoms with E-state index in [1.807, 2.05) is 0 Å². The second-order valence-electron chi connectivity index (χ2n) is 3.81. The molecule has 7 heteroatoms. The van der Waals surface area contributed by atoms with Crippen molar-refractivity contribution in [2.75, 3.05) is 0 Å². The summed E-state index contributed by atoms with van der Waals surface area (Å²) < 4.78 is 31.5. The predicted octanol–water partition coefficient (Wildman–Crippen LogP) is 3.51. The van der Waals surface area contributed by atoms with Gasteiger partial charge in [-0.1, -0.05) is 22.8 Å². The number of oxime groups is 1. The summed E-state index contributed by atoms with van der Waals surface area (Å²) in [4.78, 5) is 0. The molecule has 0 aliphatic carbocycles. The van der Waals surface area contributed by atoms with Crippen LogP contribution < -0.4 is 10.5 Å². The van der Waals surface area contributed by atoms with Crippen LogP contribution in [-0.4, -0.2) is 11.0 Å². The third-order valence-corrected chi connectivity index (χ3v) is 2.72. The van der Waals surface area contributed by atoms with E-state index in [-0.39, 0.29) is 27.9 Å². The summed E-state index contributed by atoms with van der Waals surface area (Å²) in [6.45, 7) is 0. The molecule has 0 saturated carbocycles. The van der Waals surface area contributed by atoms with Crippen molar-refractivity contribution >= 4 is 17.4 Å². The summed E-state index contributed by atoms with van der Waals surface area (Å²) in [6, 6.07) is 7.26. The molecule has 0 aromatic heterocycles. The SMILES string of the molecule is NC(=NO)c1c(Cl)cccc1Oc1cc(F)cc(F)c1. The highest BCUT2D eigenvalue weighted by Gasteiger charge is 2.14. The first-order valence-electron chi connectivity index (χ1n) is 5.41. The number of nitrogens with zero attached hydrogens (tertiary/aromatic N) is 1. The Morgan fingerprint density at radius 2 is 1.85 bits per heavy atom. The number of hydrogen-bond donors (Lipinski definition) is 2. The van der Waals surface area contributed by atoms with Crippen LogP contribution in [0.4, 0.5) is 8.78 Å². The average Bonchev–Trinajstić information content (AvgIpc) is 2.37. The molecule has 0 amide bonds. The monoisotopic (exact) mass is 298 g/mol. The molecule has 0 spiro atoms. The molecule has 0 fully saturated rings. The third-order valence-electron chi connectivity index (χ3n) is 2.40. The van der Waals surface area contributed by atoms with Gasteiger partial charge in [0.2, 0.25) is 0 Å². The Morgan fingerprint density at radius 3 is 2.45 bits per heavy atom. The van der Waals surface area contributed by atoms with Gasteiger partial charge in [0.05, 0.1) is 10.6 Å². The van der Waals surface area contributed by atoms with E-state index in [9.17, 15) is 8.78 Å². The van der Waals surface area contributed by atoms with Crippen LogP contribution in [0.5, 0.6) is 11.5 Å². The van der Waals surface area contributed by atoms with Crippen molar-refractivity contribution in [3.05, 3.63) is 58.6 Å². The summed E-state index contributed by atoms with van der Waals surface area (Å²) in [5, 5.41) is 11.7. The first kappa shape index (κ1) is 14.1. The topological polar surface area (TPSA) is 67.8 Å². The van der Waals surface area contributed by atoms with Crippen molar-refractivity contribution in [3.63, 3.8) is 0 Å². The molecule has 0 heterocycles. The van der Waals surface area contributed by atoms with Crippen molar-refractivity contribution in [1.82, 2.24) is 0 Å². The number of hydrogen-bond acceptors (Lipinski definition) is 3. The lowest BCUT2D eigenvalue weighted by Gasteiger charge is -2.11. The minimum absolute atomic E-state index is 0.0724. The maximum absolute atomic E-state index is 13.1. The Labute approximate surface area is 118 Å². The van der Waals surface area contributed by atoms with Crippen molar-refractivity contribution in [2.24, 2.45) is 10.9 Å². The van der Waals surface area contributed by atoms with Gasteiger partial charge in [-0.25, -0.2) is 8.78 Å². The van der Waals surface area contributed by atoms with Crippen LogP contribution in [0.25, 0.3) is 0 Å². The van der Waals surface area contributed by atoms with Crippen molar-refractivity contribution in [2.45, 2.75) is 0 Å². The van der Waals surface area contributed by atoms with Gasteiger partial charge in [0.25, 0.3) is 0 Å². The molecule has 0 radical (unpaired) electrons. The molecule has 0 unspecified atom stereocenters. The van der Waals surface area contributed by atoms with E-state index in [2.05, 4.69) is 5.16 Å². The molecule has 2 rings (SSSR count). The molecule has 2 aromatic carbocycles. The van der Waals surface area contributed by atoms with Crippen LogP contribution in [-0.2, 0) is 0 Å². The summed E-state index contributed by atoms with van der Waals surface area (Å²) in [7, 11) is 0. The van der Waals surface area contributed by atoms with Crippen LogP contribution in [0.1, 0.15) is 5.56 Å². The van der Waals surface area contributed by atoms with Gasteiger partial charge in [-0.2, -0.15) is 0 Å². The van der Waals surface area contributed by atoms with E-state index in [4.69, 9.17) is 27.3 Å². The van der Waals surface area contributed by atoms with Gasteiger partial charge in [0, 0.05) is 18.2 Å². The van der Waals surface area contributed by atoms with Gasteiger partial charge in [0.15, 0.2) is 5.84 Å². The molecular weight excluding hydrogens is 290 g/mol. The van der Waals surface area contributed by atoms with Crippen LogP contribution in [0, 0.1) is 11.6 Å². The summed E-state index contributed by atoms with van der Waals surface area (Å²) in [5.74, 6) is -1.81. The van der Waals surface area contributed by atoms with Gasteiger partial charge >= 0.3 is 0 Å². The Bertz CT molecular complexity index is 657. The fourth-order valence-corrected chi connectivity index (χ4v) is 1.87. The molecule has 3 N–H and O–H groups in total. The van der Waals surface area contributed by atoms with Crippen LogP contribution in [0.15, 0.2) is 41.6 Å². The number of nitrogens with two attached hydrogens (primary N) is 1. The maximum atomic E-state index is 13.1. The van der Waals surface area contributed by atoms with Crippen LogP contribution in [0.3, 0.4) is 0 Å². The molecular formula is C13H9ClF2N2O2. The Morgan fingerprint density at radius 1 is 1.20 bits per heavy atom. The van der Waals surface area contributed by atoms with E-state index in [1.54, 1.807) is 6.07 Å². The average molecular weight is 299 g/mol. The van der Waals surface area contributed by atoms with E-state index in [0.29, 0.717) is 0 Å². The van der Waals surface area contributed by atoms with Gasteiger partial charge in [-0.05, 0) is 12.1 Å². The molecule has 0 bridgehead atoms. The molecule has 4 nitrogen and oxygen atoms in total. The fourth-order valence-electron chi connectivity index (χ4n) is 1.60. The Hall–Kier alpha value is -2.34. The smallest absolute Gasteiger partial charge is 0.175 e. The van der Waals surface area contributed by atoms with E-state index < -0.39 is 11.6 Å². The number of halogens is 3. The zero-order valence-corrected chi connectivity index (χ0v) is 10.7. The van der Waals surface area contributed by atoms with E-state index >= 15 is 0 Å². The fraction of sp³-hybridized carbons (Fsp3) is 0. The highest BCUT2D eigenvalue weighted by molar-refractivity contribution is 6.34. The lowest BCUT2D eigenvalue weighted by atomic mass is 10.2. The van der Waals surface area contributed by atoms with Crippen LogP contribution >= 0.6 is 11.6 Å². The highest BCUT2D eigenvalue weighted by atomic mass is 35.5. The number of amidine groups is 1. The van der Waals surface area contributed by atoms with E-state index in [1.165, 1.54) is 12.1 Å². The summed E-state index contributed by atoms with van der Waals surface area (Å²) >= 11 is 5.93. The van der Waals surface area contributed by atoms with Gasteiger partial charge < -0.3 is 15.7 Å². The van der Waals surface area contributed by atoms with E-state index in [0.717, 1.165) is 18.2 Å². The summed E-state index contributed by atoms with van der Waals surface area (Å²) in [6.07, 6.45) is 0. The number of benzene rings is 2. The zero-order chi connectivity index (χ0) is 14.7. The third kappa shape index (κ3) is 2.97.